The second-order valence-corrected chi connectivity index (χ2v) is 2.82. The second-order valence-electron chi connectivity index (χ2n) is 2.61. The number of halogens is 1. The molecule has 0 saturated carbocycles. The van der Waals surface area contributed by atoms with Crippen LogP contribution in [-0.2, 0) is 9.53 Å². The Balaban J connectivity index is 3.71. The Kier molecular flexibility index (Phi) is 4.45. The predicted octanol–water partition coefficient (Wildman–Crippen LogP) is 2.02. The van der Waals surface area contributed by atoms with E-state index in [1.807, 2.05) is 20.8 Å². The fraction of sp³-hybridized carbons (Fsp3) is 0.857. The highest BCUT2D eigenvalue weighted by molar-refractivity contribution is 6.17. The van der Waals surface area contributed by atoms with E-state index < -0.39 is 0 Å². The first kappa shape index (κ1) is 9.76. The smallest absolute Gasteiger partial charge is 0.310 e. The lowest BCUT2D eigenvalue weighted by Gasteiger charge is -2.12. The number of hydrogen-bond donors (Lipinski definition) is 0. The van der Waals surface area contributed by atoms with Crippen LogP contribution in [0.25, 0.3) is 0 Å². The van der Waals surface area contributed by atoms with Gasteiger partial charge in [0.2, 0.25) is 0 Å². The standard InChI is InChI=1S/C7H13ClO2/c1-5(2)6(3)7(9)10-4-8/h5-6H,4H2,1-3H3/t6-/m1/s1. The third kappa shape index (κ3) is 3.06. The third-order valence-electron chi connectivity index (χ3n) is 1.57. The molecule has 0 fully saturated rings. The number of esters is 1. The van der Waals surface area contributed by atoms with E-state index in [1.165, 1.54) is 0 Å². The summed E-state index contributed by atoms with van der Waals surface area (Å²) >= 11 is 5.20. The van der Waals surface area contributed by atoms with Crippen LogP contribution >= 0.6 is 11.6 Å². The average Bonchev–Trinajstić information content (AvgIpc) is 1.87. The maximum Gasteiger partial charge on any atom is 0.310 e. The van der Waals surface area contributed by atoms with Crippen LogP contribution in [-0.4, -0.2) is 12.0 Å². The van der Waals surface area contributed by atoms with Gasteiger partial charge in [-0.05, 0) is 5.92 Å². The third-order valence-corrected chi connectivity index (χ3v) is 1.68. The first-order chi connectivity index (χ1) is 4.59. The van der Waals surface area contributed by atoms with Gasteiger partial charge in [0.15, 0.2) is 6.07 Å². The molecule has 0 amide bonds. The molecule has 10 heavy (non-hydrogen) atoms. The molecule has 0 aromatic rings. The van der Waals surface area contributed by atoms with Crippen molar-refractivity contribution in [2.24, 2.45) is 11.8 Å². The summed E-state index contributed by atoms with van der Waals surface area (Å²) < 4.78 is 4.59. The van der Waals surface area contributed by atoms with E-state index in [1.54, 1.807) is 0 Å². The molecule has 0 unspecified atom stereocenters. The maximum absolute atomic E-state index is 10.9. The Hall–Kier alpha value is -0.240. The summed E-state index contributed by atoms with van der Waals surface area (Å²) in [5.41, 5.74) is 0. The van der Waals surface area contributed by atoms with Crippen molar-refractivity contribution in [3.63, 3.8) is 0 Å². The van der Waals surface area contributed by atoms with Gasteiger partial charge in [-0.2, -0.15) is 0 Å². The quantitative estimate of drug-likeness (QED) is 0.471. The van der Waals surface area contributed by atoms with E-state index in [0.29, 0.717) is 5.92 Å². The van der Waals surface area contributed by atoms with Crippen molar-refractivity contribution >= 4 is 17.6 Å². The Labute approximate surface area is 66.5 Å². The molecule has 0 aliphatic rings. The van der Waals surface area contributed by atoms with Gasteiger partial charge in [0, 0.05) is 0 Å². The molecule has 60 valence electrons. The molecular formula is C7H13ClO2. The van der Waals surface area contributed by atoms with E-state index in [4.69, 9.17) is 11.6 Å². The summed E-state index contributed by atoms with van der Waals surface area (Å²) in [7, 11) is 0. The zero-order chi connectivity index (χ0) is 8.15. The molecule has 3 heteroatoms. The van der Waals surface area contributed by atoms with Crippen LogP contribution in [0.2, 0.25) is 0 Å². The second kappa shape index (κ2) is 4.56. The van der Waals surface area contributed by atoms with E-state index >= 15 is 0 Å². The highest BCUT2D eigenvalue weighted by atomic mass is 35.5. The Morgan fingerprint density at radius 2 is 2.00 bits per heavy atom. The molecule has 0 saturated heterocycles. The van der Waals surface area contributed by atoms with Crippen LogP contribution < -0.4 is 0 Å². The highest BCUT2D eigenvalue weighted by Crippen LogP contribution is 2.11. The molecule has 0 aromatic heterocycles. The fourth-order valence-corrected chi connectivity index (χ4v) is 0.565. The molecule has 0 aliphatic carbocycles. The minimum Gasteiger partial charge on any atom is -0.449 e. The zero-order valence-electron chi connectivity index (χ0n) is 6.56. The van der Waals surface area contributed by atoms with Crippen molar-refractivity contribution in [1.29, 1.82) is 0 Å². The first-order valence-electron chi connectivity index (χ1n) is 3.32. The average molecular weight is 165 g/mol. The summed E-state index contributed by atoms with van der Waals surface area (Å²) in [6, 6.07) is -0.0457. The predicted molar refractivity (Wildman–Crippen MR) is 40.8 cm³/mol. The minimum absolute atomic E-state index is 0.0457. The molecule has 0 heterocycles. The van der Waals surface area contributed by atoms with Crippen molar-refractivity contribution in [1.82, 2.24) is 0 Å². The monoisotopic (exact) mass is 164 g/mol. The molecule has 0 N–H and O–H groups in total. The number of carbonyl (C=O) groups is 1. The first-order valence-corrected chi connectivity index (χ1v) is 3.85. The molecular weight excluding hydrogens is 152 g/mol. The van der Waals surface area contributed by atoms with Gasteiger partial charge in [0.25, 0.3) is 0 Å². The Bertz CT molecular complexity index is 112. The van der Waals surface area contributed by atoms with Gasteiger partial charge in [-0.15, -0.1) is 0 Å². The lowest BCUT2D eigenvalue weighted by atomic mass is 9.99. The van der Waals surface area contributed by atoms with Crippen LogP contribution in [0.15, 0.2) is 0 Å². The normalized spacial score (nSPS) is 13.3. The number of rotatable bonds is 3. The van der Waals surface area contributed by atoms with Crippen LogP contribution in [0.4, 0.5) is 0 Å². The van der Waals surface area contributed by atoms with Gasteiger partial charge in [-0.3, -0.25) is 4.79 Å². The van der Waals surface area contributed by atoms with Gasteiger partial charge < -0.3 is 4.74 Å². The van der Waals surface area contributed by atoms with Gasteiger partial charge in [-0.25, -0.2) is 0 Å². The molecule has 0 radical (unpaired) electrons. The van der Waals surface area contributed by atoms with E-state index in [0.717, 1.165) is 0 Å². The van der Waals surface area contributed by atoms with Gasteiger partial charge in [0.05, 0.1) is 5.92 Å². The summed E-state index contributed by atoms with van der Waals surface area (Å²) in [6.07, 6.45) is 0. The van der Waals surface area contributed by atoms with Crippen molar-refractivity contribution in [3.05, 3.63) is 0 Å². The molecule has 0 aliphatic heterocycles. The minimum atomic E-state index is -0.218. The molecule has 0 aromatic carbocycles. The summed E-state index contributed by atoms with van der Waals surface area (Å²) in [5.74, 6) is 0.0412. The van der Waals surface area contributed by atoms with Crippen LogP contribution in [0.3, 0.4) is 0 Å². The van der Waals surface area contributed by atoms with E-state index in [-0.39, 0.29) is 18.0 Å². The molecule has 2 nitrogen and oxygen atoms in total. The van der Waals surface area contributed by atoms with Gasteiger partial charge in [-0.1, -0.05) is 32.4 Å². The molecule has 0 rings (SSSR count). The topological polar surface area (TPSA) is 26.3 Å². The largest absolute Gasteiger partial charge is 0.449 e. The lowest BCUT2D eigenvalue weighted by Crippen LogP contribution is -2.18. The Morgan fingerprint density at radius 3 is 2.30 bits per heavy atom. The fourth-order valence-electron chi connectivity index (χ4n) is 0.457. The Morgan fingerprint density at radius 1 is 1.50 bits per heavy atom. The lowest BCUT2D eigenvalue weighted by molar-refractivity contribution is -0.147. The summed E-state index contributed by atoms with van der Waals surface area (Å²) in [6.45, 7) is 5.78. The van der Waals surface area contributed by atoms with Crippen molar-refractivity contribution in [2.45, 2.75) is 20.8 Å². The van der Waals surface area contributed by atoms with E-state index in [9.17, 15) is 4.79 Å². The van der Waals surface area contributed by atoms with Crippen LogP contribution in [0.5, 0.6) is 0 Å². The summed E-state index contributed by atoms with van der Waals surface area (Å²) in [5, 5.41) is 0. The van der Waals surface area contributed by atoms with Crippen molar-refractivity contribution in [2.75, 3.05) is 6.07 Å². The van der Waals surface area contributed by atoms with Gasteiger partial charge in [0.1, 0.15) is 0 Å². The number of alkyl halides is 1. The van der Waals surface area contributed by atoms with Crippen molar-refractivity contribution in [3.8, 4) is 0 Å². The highest BCUT2D eigenvalue weighted by Gasteiger charge is 2.17. The van der Waals surface area contributed by atoms with Crippen LogP contribution in [0, 0.1) is 11.8 Å². The number of ether oxygens (including phenoxy) is 1. The molecule has 1 atom stereocenters. The maximum atomic E-state index is 10.9. The van der Waals surface area contributed by atoms with Crippen molar-refractivity contribution < 1.29 is 9.53 Å². The molecule has 0 spiro atoms. The molecule has 0 bridgehead atoms. The van der Waals surface area contributed by atoms with Crippen LogP contribution in [0.1, 0.15) is 20.8 Å². The SMILES string of the molecule is CC(C)[C@@H](C)C(=O)OCCl. The summed E-state index contributed by atoms with van der Waals surface area (Å²) in [4.78, 5) is 10.9. The number of hydrogen-bond acceptors (Lipinski definition) is 2. The zero-order valence-corrected chi connectivity index (χ0v) is 7.31. The number of carbonyl (C=O) groups excluding carboxylic acids is 1. The van der Waals surface area contributed by atoms with Gasteiger partial charge >= 0.3 is 5.97 Å². The van der Waals surface area contributed by atoms with E-state index in [2.05, 4.69) is 4.74 Å².